The molecule has 0 radical (unpaired) electrons. The first-order valence-electron chi connectivity index (χ1n) is 17.1. The largest absolute Gasteiger partial charge is 0.354 e. The lowest BCUT2D eigenvalue weighted by atomic mass is 9.81. The molecular weight excluding hydrogens is 593 g/mol. The standard InChI is InChI=1S/C47H34N2/c1-47(2)43-17-8-7-14-39(43)40-24-20-34(28-44(40)47)38-15-9-16-41-42-29-37(23-25-45(42)48-46(38)41)49(35-21-18-30-10-3-5-12-32(30)26-35)36-22-19-31-11-4-6-13-33(31)27-36/h3-29,48H,1-2H3. The van der Waals surface area contributed by atoms with Gasteiger partial charge in [-0.1, -0.05) is 129 Å². The number of para-hydroxylation sites is 1. The Morgan fingerprint density at radius 3 is 1.76 bits per heavy atom. The fourth-order valence-corrected chi connectivity index (χ4v) is 8.24. The van der Waals surface area contributed by atoms with Crippen molar-refractivity contribution in [2.75, 3.05) is 4.90 Å². The first kappa shape index (κ1) is 27.9. The maximum atomic E-state index is 3.83. The Kier molecular flexibility index (Phi) is 5.95. The summed E-state index contributed by atoms with van der Waals surface area (Å²) in [4.78, 5) is 6.22. The molecule has 0 fully saturated rings. The van der Waals surface area contributed by atoms with Gasteiger partial charge in [-0.05, 0) is 97.9 Å². The molecule has 1 aliphatic carbocycles. The predicted molar refractivity (Wildman–Crippen MR) is 208 cm³/mol. The Morgan fingerprint density at radius 1 is 0.429 bits per heavy atom. The number of benzene rings is 8. The van der Waals surface area contributed by atoms with E-state index < -0.39 is 0 Å². The topological polar surface area (TPSA) is 19.0 Å². The molecule has 0 atom stereocenters. The Bertz CT molecular complexity index is 2680. The van der Waals surface area contributed by atoms with E-state index in [2.05, 4.69) is 188 Å². The number of nitrogens with zero attached hydrogens (tertiary/aromatic N) is 1. The summed E-state index contributed by atoms with van der Waals surface area (Å²) in [7, 11) is 0. The summed E-state index contributed by atoms with van der Waals surface area (Å²) in [5.41, 5.74) is 13.6. The highest BCUT2D eigenvalue weighted by atomic mass is 15.1. The van der Waals surface area contributed by atoms with E-state index in [1.807, 2.05) is 0 Å². The van der Waals surface area contributed by atoms with Gasteiger partial charge in [0, 0.05) is 44.3 Å². The zero-order chi connectivity index (χ0) is 32.7. The number of nitrogens with one attached hydrogen (secondary N) is 1. The van der Waals surface area contributed by atoms with Gasteiger partial charge in [-0.15, -0.1) is 0 Å². The van der Waals surface area contributed by atoms with Crippen LogP contribution in [0, 0.1) is 0 Å². The molecule has 0 spiro atoms. The van der Waals surface area contributed by atoms with Crippen molar-refractivity contribution in [3.8, 4) is 22.3 Å². The van der Waals surface area contributed by atoms with Crippen molar-refractivity contribution in [1.29, 1.82) is 0 Å². The van der Waals surface area contributed by atoms with Gasteiger partial charge in [0.15, 0.2) is 0 Å². The number of aromatic nitrogens is 1. The molecule has 0 bridgehead atoms. The van der Waals surface area contributed by atoms with Crippen molar-refractivity contribution in [2.45, 2.75) is 19.3 Å². The van der Waals surface area contributed by atoms with Gasteiger partial charge in [0.05, 0.1) is 5.52 Å². The van der Waals surface area contributed by atoms with Crippen molar-refractivity contribution >= 4 is 60.4 Å². The second-order valence-electron chi connectivity index (χ2n) is 13.9. The van der Waals surface area contributed by atoms with Crippen LogP contribution in [0.5, 0.6) is 0 Å². The number of hydrogen-bond acceptors (Lipinski definition) is 1. The molecule has 2 nitrogen and oxygen atoms in total. The minimum atomic E-state index is -0.0415. The van der Waals surface area contributed by atoms with E-state index in [0.29, 0.717) is 0 Å². The maximum Gasteiger partial charge on any atom is 0.0544 e. The molecule has 49 heavy (non-hydrogen) atoms. The van der Waals surface area contributed by atoms with Gasteiger partial charge in [0.25, 0.3) is 0 Å². The number of aromatic amines is 1. The van der Waals surface area contributed by atoms with E-state index in [9.17, 15) is 0 Å². The molecular formula is C47H34N2. The molecule has 1 aromatic heterocycles. The maximum absolute atomic E-state index is 3.83. The summed E-state index contributed by atoms with van der Waals surface area (Å²) in [6.45, 7) is 4.70. The number of H-pyrrole nitrogens is 1. The highest BCUT2D eigenvalue weighted by Crippen LogP contribution is 2.50. The molecule has 0 amide bonds. The highest BCUT2D eigenvalue weighted by molar-refractivity contribution is 6.13. The lowest BCUT2D eigenvalue weighted by molar-refractivity contribution is 0.660. The van der Waals surface area contributed by atoms with Gasteiger partial charge in [-0.3, -0.25) is 0 Å². The third-order valence-electron chi connectivity index (χ3n) is 10.8. The first-order chi connectivity index (χ1) is 24.0. The summed E-state index contributed by atoms with van der Waals surface area (Å²) >= 11 is 0. The van der Waals surface area contributed by atoms with Gasteiger partial charge in [0.1, 0.15) is 0 Å². The van der Waals surface area contributed by atoms with E-state index in [0.717, 1.165) is 22.6 Å². The summed E-state index contributed by atoms with van der Waals surface area (Å²) < 4.78 is 0. The van der Waals surface area contributed by atoms with E-state index in [1.165, 1.54) is 71.2 Å². The molecule has 0 saturated carbocycles. The summed E-state index contributed by atoms with van der Waals surface area (Å²) in [5, 5.41) is 7.38. The summed E-state index contributed by atoms with van der Waals surface area (Å²) in [5.74, 6) is 0. The highest BCUT2D eigenvalue weighted by Gasteiger charge is 2.35. The van der Waals surface area contributed by atoms with Gasteiger partial charge >= 0.3 is 0 Å². The average Bonchev–Trinajstić information content (AvgIpc) is 3.63. The van der Waals surface area contributed by atoms with Crippen LogP contribution in [0.2, 0.25) is 0 Å². The second kappa shape index (κ2) is 10.4. The van der Waals surface area contributed by atoms with Crippen molar-refractivity contribution < 1.29 is 0 Å². The van der Waals surface area contributed by atoms with Gasteiger partial charge in [-0.25, -0.2) is 0 Å². The fourth-order valence-electron chi connectivity index (χ4n) is 8.24. The van der Waals surface area contributed by atoms with Crippen LogP contribution in [0.1, 0.15) is 25.0 Å². The number of hydrogen-bond donors (Lipinski definition) is 1. The van der Waals surface area contributed by atoms with Crippen LogP contribution in [0.25, 0.3) is 65.6 Å². The SMILES string of the molecule is CC1(C)c2ccccc2-c2ccc(-c3cccc4c3[nH]c3ccc(N(c5ccc6ccccc6c5)c5ccc6ccccc6c5)cc34)cc21. The molecule has 8 aromatic carbocycles. The van der Waals surface area contributed by atoms with Gasteiger partial charge < -0.3 is 9.88 Å². The van der Waals surface area contributed by atoms with E-state index >= 15 is 0 Å². The second-order valence-corrected chi connectivity index (χ2v) is 13.9. The number of rotatable bonds is 4. The average molecular weight is 627 g/mol. The quantitative estimate of drug-likeness (QED) is 0.206. The van der Waals surface area contributed by atoms with Crippen LogP contribution < -0.4 is 4.90 Å². The number of fused-ring (bicyclic) bond motifs is 8. The smallest absolute Gasteiger partial charge is 0.0544 e. The Balaban J connectivity index is 1.14. The van der Waals surface area contributed by atoms with Gasteiger partial charge in [0.2, 0.25) is 0 Å². The Hall–Kier alpha value is -6.12. The third-order valence-corrected chi connectivity index (χ3v) is 10.8. The molecule has 232 valence electrons. The molecule has 1 heterocycles. The predicted octanol–water partition coefficient (Wildman–Crippen LogP) is 13.1. The normalized spacial score (nSPS) is 13.3. The molecule has 0 saturated heterocycles. The van der Waals surface area contributed by atoms with Crippen molar-refractivity contribution in [3.05, 3.63) is 175 Å². The van der Waals surface area contributed by atoms with E-state index in [-0.39, 0.29) is 5.41 Å². The summed E-state index contributed by atoms with van der Waals surface area (Å²) in [6.07, 6.45) is 0. The monoisotopic (exact) mass is 626 g/mol. The molecule has 1 aliphatic rings. The Morgan fingerprint density at radius 2 is 1.02 bits per heavy atom. The Labute approximate surface area is 285 Å². The molecule has 9 aromatic rings. The first-order valence-corrected chi connectivity index (χ1v) is 17.1. The lowest BCUT2D eigenvalue weighted by Gasteiger charge is -2.26. The van der Waals surface area contributed by atoms with E-state index in [1.54, 1.807) is 0 Å². The van der Waals surface area contributed by atoms with Crippen LogP contribution in [-0.2, 0) is 5.41 Å². The van der Waals surface area contributed by atoms with Crippen LogP contribution in [-0.4, -0.2) is 4.98 Å². The van der Waals surface area contributed by atoms with Crippen molar-refractivity contribution in [3.63, 3.8) is 0 Å². The van der Waals surface area contributed by atoms with Crippen LogP contribution in [0.3, 0.4) is 0 Å². The number of anilines is 3. The minimum absolute atomic E-state index is 0.0415. The molecule has 0 unspecified atom stereocenters. The molecule has 2 heteroatoms. The van der Waals surface area contributed by atoms with Crippen molar-refractivity contribution in [2.24, 2.45) is 0 Å². The summed E-state index contributed by atoms with van der Waals surface area (Å²) in [6, 6.07) is 60.2. The van der Waals surface area contributed by atoms with E-state index in [4.69, 9.17) is 0 Å². The lowest BCUT2D eigenvalue weighted by Crippen LogP contribution is -2.14. The van der Waals surface area contributed by atoms with Crippen LogP contribution in [0.4, 0.5) is 17.1 Å². The minimum Gasteiger partial charge on any atom is -0.354 e. The van der Waals surface area contributed by atoms with Crippen molar-refractivity contribution in [1.82, 2.24) is 4.98 Å². The molecule has 0 aliphatic heterocycles. The van der Waals surface area contributed by atoms with Crippen LogP contribution >= 0.6 is 0 Å². The molecule has 10 rings (SSSR count). The van der Waals surface area contributed by atoms with Gasteiger partial charge in [-0.2, -0.15) is 0 Å². The molecule has 1 N–H and O–H groups in total. The van der Waals surface area contributed by atoms with Crippen LogP contribution in [0.15, 0.2) is 164 Å². The zero-order valence-electron chi connectivity index (χ0n) is 27.5. The third kappa shape index (κ3) is 4.27. The fraction of sp³-hybridized carbons (Fsp3) is 0.0638. The zero-order valence-corrected chi connectivity index (χ0v) is 27.5.